The third kappa shape index (κ3) is 2.31. The molecule has 2 aromatic carbocycles. The van der Waals surface area contributed by atoms with Crippen LogP contribution in [0.15, 0.2) is 36.4 Å². The van der Waals surface area contributed by atoms with Crippen molar-refractivity contribution < 1.29 is 4.92 Å². The Morgan fingerprint density at radius 2 is 2.10 bits per heavy atom. The molecule has 0 bridgehead atoms. The smallest absolute Gasteiger partial charge is 0.270 e. The molecule has 0 amide bonds. The number of nitrogens with zero attached hydrogens (tertiary/aromatic N) is 2. The minimum absolute atomic E-state index is 0.00565. The zero-order valence-electron chi connectivity index (χ0n) is 11.5. The van der Waals surface area contributed by atoms with E-state index in [1.807, 2.05) is 18.2 Å². The highest BCUT2D eigenvalue weighted by atomic mass is 16.6. The van der Waals surface area contributed by atoms with Crippen molar-refractivity contribution in [2.24, 2.45) is 0 Å². The average molecular weight is 282 g/mol. The van der Waals surface area contributed by atoms with Gasteiger partial charge in [0.05, 0.1) is 16.0 Å². The molecule has 1 heterocycles. The van der Waals surface area contributed by atoms with Gasteiger partial charge in [-0.2, -0.15) is 0 Å². The Labute approximate surface area is 120 Å². The number of H-pyrrole nitrogens is 1. The second kappa shape index (κ2) is 4.90. The Morgan fingerprint density at radius 3 is 2.81 bits per heavy atom. The van der Waals surface area contributed by atoms with Crippen molar-refractivity contribution in [2.45, 2.75) is 13.3 Å². The van der Waals surface area contributed by atoms with Crippen LogP contribution in [0.25, 0.3) is 22.4 Å². The number of aromatic nitrogens is 2. The molecule has 0 unspecified atom stereocenters. The molecule has 0 fully saturated rings. The molecule has 3 rings (SSSR count). The molecule has 3 aromatic rings. The molecular weight excluding hydrogens is 268 g/mol. The first-order valence-corrected chi connectivity index (χ1v) is 6.61. The van der Waals surface area contributed by atoms with E-state index in [1.54, 1.807) is 0 Å². The molecule has 6 nitrogen and oxygen atoms in total. The van der Waals surface area contributed by atoms with E-state index in [2.05, 4.69) is 16.9 Å². The van der Waals surface area contributed by atoms with Crippen LogP contribution in [0.5, 0.6) is 0 Å². The number of rotatable bonds is 3. The molecular formula is C15H14N4O2. The third-order valence-corrected chi connectivity index (χ3v) is 3.46. The predicted octanol–water partition coefficient (Wildman–Crippen LogP) is 3.28. The topological polar surface area (TPSA) is 97.8 Å². The Morgan fingerprint density at radius 1 is 1.29 bits per heavy atom. The lowest BCUT2D eigenvalue weighted by molar-refractivity contribution is -0.384. The van der Waals surface area contributed by atoms with Crippen molar-refractivity contribution in [1.82, 2.24) is 9.97 Å². The van der Waals surface area contributed by atoms with Crippen LogP contribution < -0.4 is 5.73 Å². The van der Waals surface area contributed by atoms with Gasteiger partial charge >= 0.3 is 0 Å². The monoisotopic (exact) mass is 282 g/mol. The normalized spacial score (nSPS) is 10.9. The Balaban J connectivity index is 2.15. The summed E-state index contributed by atoms with van der Waals surface area (Å²) < 4.78 is 0. The summed E-state index contributed by atoms with van der Waals surface area (Å²) in [5.74, 6) is 0.541. The second-order valence-electron chi connectivity index (χ2n) is 4.82. The number of nitrogens with two attached hydrogens (primary N) is 1. The van der Waals surface area contributed by atoms with Crippen molar-refractivity contribution in [3.8, 4) is 11.4 Å². The number of aromatic amines is 1. The van der Waals surface area contributed by atoms with Crippen molar-refractivity contribution in [2.75, 3.05) is 5.73 Å². The summed E-state index contributed by atoms with van der Waals surface area (Å²) in [6.45, 7) is 2.08. The van der Waals surface area contributed by atoms with Crippen molar-refractivity contribution >= 4 is 22.4 Å². The average Bonchev–Trinajstić information content (AvgIpc) is 2.89. The number of nitrogens with one attached hydrogen (secondary N) is 1. The number of nitro groups is 1. The van der Waals surface area contributed by atoms with Crippen LogP contribution in [0, 0.1) is 10.1 Å². The van der Waals surface area contributed by atoms with Crippen LogP contribution in [0.1, 0.15) is 12.5 Å². The molecule has 0 aliphatic carbocycles. The zero-order valence-corrected chi connectivity index (χ0v) is 11.5. The number of nitro benzene ring substituents is 1. The largest absolute Gasteiger partial charge is 0.398 e. The van der Waals surface area contributed by atoms with Crippen molar-refractivity contribution in [1.29, 1.82) is 0 Å². The van der Waals surface area contributed by atoms with Gasteiger partial charge in [-0.1, -0.05) is 13.0 Å². The molecule has 0 aliphatic rings. The quantitative estimate of drug-likeness (QED) is 0.437. The van der Waals surface area contributed by atoms with Gasteiger partial charge in [-0.15, -0.1) is 0 Å². The van der Waals surface area contributed by atoms with Gasteiger partial charge in [-0.25, -0.2) is 4.98 Å². The van der Waals surface area contributed by atoms with Gasteiger partial charge in [0.1, 0.15) is 5.82 Å². The van der Waals surface area contributed by atoms with E-state index < -0.39 is 4.92 Å². The number of imidazole rings is 1. The van der Waals surface area contributed by atoms with Gasteiger partial charge in [0.2, 0.25) is 0 Å². The number of anilines is 1. The van der Waals surface area contributed by atoms with Gasteiger partial charge in [0, 0.05) is 23.4 Å². The third-order valence-electron chi connectivity index (χ3n) is 3.46. The maximum absolute atomic E-state index is 10.9. The highest BCUT2D eigenvalue weighted by Crippen LogP contribution is 2.29. The lowest BCUT2D eigenvalue weighted by Crippen LogP contribution is -1.94. The van der Waals surface area contributed by atoms with E-state index >= 15 is 0 Å². The summed E-state index contributed by atoms with van der Waals surface area (Å²) in [7, 11) is 0. The fourth-order valence-electron chi connectivity index (χ4n) is 2.27. The summed E-state index contributed by atoms with van der Waals surface area (Å²) >= 11 is 0. The molecule has 0 aliphatic heterocycles. The summed E-state index contributed by atoms with van der Waals surface area (Å²) in [4.78, 5) is 18.1. The highest BCUT2D eigenvalue weighted by molar-refractivity contribution is 5.83. The number of nitrogen functional groups attached to an aromatic ring is 1. The summed E-state index contributed by atoms with van der Waals surface area (Å²) in [6, 6.07) is 10.3. The van der Waals surface area contributed by atoms with Gasteiger partial charge in [-0.3, -0.25) is 10.1 Å². The lowest BCUT2D eigenvalue weighted by Gasteiger charge is -2.01. The van der Waals surface area contributed by atoms with Crippen LogP contribution in [0.2, 0.25) is 0 Å². The highest BCUT2D eigenvalue weighted by Gasteiger charge is 2.14. The maximum Gasteiger partial charge on any atom is 0.270 e. The fourth-order valence-corrected chi connectivity index (χ4v) is 2.27. The van der Waals surface area contributed by atoms with Gasteiger partial charge in [0.15, 0.2) is 0 Å². The van der Waals surface area contributed by atoms with Crippen LogP contribution in [-0.2, 0) is 6.42 Å². The molecule has 1 aromatic heterocycles. The van der Waals surface area contributed by atoms with E-state index in [9.17, 15) is 10.1 Å². The first-order valence-electron chi connectivity index (χ1n) is 6.61. The van der Waals surface area contributed by atoms with E-state index in [4.69, 9.17) is 5.73 Å². The number of aryl methyl sites for hydroxylation is 1. The summed E-state index contributed by atoms with van der Waals surface area (Å²) in [5, 5.41) is 10.9. The van der Waals surface area contributed by atoms with Crippen molar-refractivity contribution in [3.63, 3.8) is 0 Å². The minimum atomic E-state index is -0.444. The molecule has 0 spiro atoms. The standard InChI is InChI=1S/C15H14N4O2/c1-2-9-3-6-13-14(7-9)18-15(17-13)11-8-10(19(20)21)4-5-12(11)16/h3-8H,2,16H2,1H3,(H,17,18). The van der Waals surface area contributed by atoms with E-state index in [0.717, 1.165) is 17.5 Å². The second-order valence-corrected chi connectivity index (χ2v) is 4.82. The molecule has 0 radical (unpaired) electrons. The van der Waals surface area contributed by atoms with Gasteiger partial charge in [-0.05, 0) is 30.2 Å². The Kier molecular flexibility index (Phi) is 3.06. The number of hydrogen-bond acceptors (Lipinski definition) is 4. The lowest BCUT2D eigenvalue weighted by atomic mass is 10.1. The number of non-ortho nitro benzene ring substituents is 1. The first-order chi connectivity index (χ1) is 10.1. The fraction of sp³-hybridized carbons (Fsp3) is 0.133. The van der Waals surface area contributed by atoms with Crippen LogP contribution >= 0.6 is 0 Å². The summed E-state index contributed by atoms with van der Waals surface area (Å²) in [6.07, 6.45) is 0.934. The summed E-state index contributed by atoms with van der Waals surface area (Å²) in [5.41, 5.74) is 9.82. The van der Waals surface area contributed by atoms with Crippen molar-refractivity contribution in [3.05, 3.63) is 52.1 Å². The first kappa shape index (κ1) is 13.1. The van der Waals surface area contributed by atoms with E-state index in [0.29, 0.717) is 17.1 Å². The number of benzene rings is 2. The van der Waals surface area contributed by atoms with Crippen LogP contribution in [0.4, 0.5) is 11.4 Å². The molecule has 0 atom stereocenters. The maximum atomic E-state index is 10.9. The van der Waals surface area contributed by atoms with E-state index in [1.165, 1.54) is 23.8 Å². The van der Waals surface area contributed by atoms with E-state index in [-0.39, 0.29) is 5.69 Å². The number of fused-ring (bicyclic) bond motifs is 1. The van der Waals surface area contributed by atoms with Gasteiger partial charge < -0.3 is 10.7 Å². The predicted molar refractivity (Wildman–Crippen MR) is 82.0 cm³/mol. The molecule has 21 heavy (non-hydrogen) atoms. The minimum Gasteiger partial charge on any atom is -0.398 e. The Bertz CT molecular complexity index is 839. The molecule has 6 heteroatoms. The molecule has 3 N–H and O–H groups in total. The Hall–Kier alpha value is -2.89. The van der Waals surface area contributed by atoms with Crippen LogP contribution in [-0.4, -0.2) is 14.9 Å². The number of hydrogen-bond donors (Lipinski definition) is 2. The van der Waals surface area contributed by atoms with Crippen LogP contribution in [0.3, 0.4) is 0 Å². The molecule has 106 valence electrons. The SMILES string of the molecule is CCc1ccc2nc(-c3cc([N+](=O)[O-])ccc3N)[nH]c2c1. The zero-order chi connectivity index (χ0) is 15.0. The molecule has 0 saturated heterocycles. The molecule has 0 saturated carbocycles. The van der Waals surface area contributed by atoms with Gasteiger partial charge in [0.25, 0.3) is 5.69 Å².